The summed E-state index contributed by atoms with van der Waals surface area (Å²) in [5.41, 5.74) is 4.87. The zero-order valence-electron chi connectivity index (χ0n) is 13.4. The summed E-state index contributed by atoms with van der Waals surface area (Å²) in [6, 6.07) is 5.22. The fourth-order valence-corrected chi connectivity index (χ4v) is 4.21. The number of aromatic nitrogens is 1. The molecular weight excluding hydrogens is 353 g/mol. The van der Waals surface area contributed by atoms with Gasteiger partial charge in [0.2, 0.25) is 0 Å². The third kappa shape index (κ3) is 3.91. The maximum Gasteiger partial charge on any atom is 0.417 e. The van der Waals surface area contributed by atoms with E-state index in [1.165, 1.54) is 37.5 Å². The van der Waals surface area contributed by atoms with E-state index in [0.29, 0.717) is 0 Å². The van der Waals surface area contributed by atoms with Gasteiger partial charge in [-0.25, -0.2) is 8.42 Å². The number of pyridine rings is 1. The van der Waals surface area contributed by atoms with Crippen LogP contribution in [0.3, 0.4) is 0 Å². The van der Waals surface area contributed by atoms with Gasteiger partial charge in [0.25, 0.3) is 0 Å². The number of alkyl halides is 3. The van der Waals surface area contributed by atoms with Crippen molar-refractivity contribution < 1.29 is 21.6 Å². The molecule has 4 nitrogen and oxygen atoms in total. The summed E-state index contributed by atoms with van der Waals surface area (Å²) >= 11 is 0. The smallest absolute Gasteiger partial charge is 0.324 e. The lowest BCUT2D eigenvalue weighted by molar-refractivity contribution is -0.139. The maximum absolute atomic E-state index is 13.5. The van der Waals surface area contributed by atoms with E-state index in [1.54, 1.807) is 0 Å². The van der Waals surface area contributed by atoms with Gasteiger partial charge in [-0.3, -0.25) is 4.98 Å². The van der Waals surface area contributed by atoms with Gasteiger partial charge in [-0.2, -0.15) is 13.2 Å². The van der Waals surface area contributed by atoms with Crippen molar-refractivity contribution in [2.75, 3.05) is 0 Å². The highest BCUT2D eigenvalue weighted by atomic mass is 32.2. The molecule has 0 fully saturated rings. The molecule has 0 aliphatic rings. The number of hydrogen-bond acceptors (Lipinski definition) is 4. The number of nitrogens with zero attached hydrogens (tertiary/aromatic N) is 1. The molecule has 1 heterocycles. The van der Waals surface area contributed by atoms with Crippen LogP contribution in [-0.4, -0.2) is 13.4 Å². The number of halogens is 3. The standard InChI is InChI=1S/C17H17F3N2O2S/c1-3-15(12-6-8-22-9-7-12)25(23,24)16-5-4-13(11(2)21)10-14(16)17(18,19)20/h3-11,15H,1,21H2,2H3. The summed E-state index contributed by atoms with van der Waals surface area (Å²) in [6.07, 6.45) is -1.00. The van der Waals surface area contributed by atoms with Crippen molar-refractivity contribution in [1.82, 2.24) is 4.98 Å². The molecule has 2 aromatic rings. The Kier molecular flexibility index (Phi) is 5.34. The van der Waals surface area contributed by atoms with Gasteiger partial charge in [0.15, 0.2) is 9.84 Å². The molecule has 1 aromatic carbocycles. The van der Waals surface area contributed by atoms with Gasteiger partial charge >= 0.3 is 6.18 Å². The fraction of sp³-hybridized carbons (Fsp3) is 0.235. The summed E-state index contributed by atoms with van der Waals surface area (Å²) in [6.45, 7) is 4.99. The predicted octanol–water partition coefficient (Wildman–Crippen LogP) is 3.82. The molecule has 0 amide bonds. The molecule has 2 N–H and O–H groups in total. The number of benzene rings is 1. The van der Waals surface area contributed by atoms with Crippen molar-refractivity contribution in [2.24, 2.45) is 5.73 Å². The van der Waals surface area contributed by atoms with Gasteiger partial charge in [-0.15, -0.1) is 6.58 Å². The number of rotatable bonds is 5. The Labute approximate surface area is 144 Å². The Bertz CT molecular complexity index is 863. The summed E-state index contributed by atoms with van der Waals surface area (Å²) < 4.78 is 66.1. The minimum Gasteiger partial charge on any atom is -0.324 e. The topological polar surface area (TPSA) is 73.0 Å². The molecule has 0 aliphatic carbocycles. The second-order valence-corrected chi connectivity index (χ2v) is 7.56. The van der Waals surface area contributed by atoms with Crippen LogP contribution in [0.25, 0.3) is 0 Å². The summed E-state index contributed by atoms with van der Waals surface area (Å²) in [7, 11) is -4.37. The van der Waals surface area contributed by atoms with Crippen LogP contribution in [0.2, 0.25) is 0 Å². The first-order valence-electron chi connectivity index (χ1n) is 7.32. The summed E-state index contributed by atoms with van der Waals surface area (Å²) in [4.78, 5) is 2.98. The van der Waals surface area contributed by atoms with Crippen molar-refractivity contribution in [3.8, 4) is 0 Å². The molecule has 0 radical (unpaired) electrons. The molecule has 0 saturated heterocycles. The molecule has 0 saturated carbocycles. The van der Waals surface area contributed by atoms with Crippen molar-refractivity contribution in [3.05, 3.63) is 72.1 Å². The lowest BCUT2D eigenvalue weighted by Gasteiger charge is -2.20. The Morgan fingerprint density at radius 2 is 1.76 bits per heavy atom. The zero-order valence-corrected chi connectivity index (χ0v) is 14.2. The molecule has 8 heteroatoms. The zero-order chi connectivity index (χ0) is 18.8. The van der Waals surface area contributed by atoms with Gasteiger partial charge in [0.1, 0.15) is 5.25 Å². The van der Waals surface area contributed by atoms with Crippen LogP contribution in [0.15, 0.2) is 60.3 Å². The van der Waals surface area contributed by atoms with Crippen LogP contribution in [0.5, 0.6) is 0 Å². The van der Waals surface area contributed by atoms with Gasteiger partial charge < -0.3 is 5.73 Å². The molecule has 0 spiro atoms. The van der Waals surface area contributed by atoms with Crippen LogP contribution in [0, 0.1) is 0 Å². The molecular formula is C17H17F3N2O2S. The van der Waals surface area contributed by atoms with E-state index in [9.17, 15) is 21.6 Å². The van der Waals surface area contributed by atoms with Crippen molar-refractivity contribution in [3.63, 3.8) is 0 Å². The Balaban J connectivity index is 2.68. The largest absolute Gasteiger partial charge is 0.417 e. The second-order valence-electron chi connectivity index (χ2n) is 5.52. The normalized spacial score (nSPS) is 14.8. The molecule has 0 aliphatic heterocycles. The third-order valence-corrected chi connectivity index (χ3v) is 5.83. The number of sulfone groups is 1. The van der Waals surface area contributed by atoms with E-state index in [0.717, 1.165) is 18.2 Å². The van der Waals surface area contributed by atoms with Gasteiger partial charge in [-0.1, -0.05) is 12.1 Å². The molecule has 1 aromatic heterocycles. The van der Waals surface area contributed by atoms with Gasteiger partial charge in [0.05, 0.1) is 10.5 Å². The SMILES string of the molecule is C=CC(c1ccncc1)S(=O)(=O)c1ccc(C(C)N)cc1C(F)(F)F. The van der Waals surface area contributed by atoms with Crippen LogP contribution in [0.4, 0.5) is 13.2 Å². The highest BCUT2D eigenvalue weighted by Gasteiger charge is 2.39. The quantitative estimate of drug-likeness (QED) is 0.812. The van der Waals surface area contributed by atoms with Gasteiger partial charge in [-0.05, 0) is 42.3 Å². The first-order valence-corrected chi connectivity index (χ1v) is 8.86. The minimum atomic E-state index is -4.84. The third-order valence-electron chi connectivity index (χ3n) is 3.72. The van der Waals surface area contributed by atoms with Crippen molar-refractivity contribution in [2.45, 2.75) is 29.3 Å². The van der Waals surface area contributed by atoms with Crippen LogP contribution in [0.1, 0.15) is 34.9 Å². The minimum absolute atomic E-state index is 0.199. The summed E-state index contributed by atoms with van der Waals surface area (Å²) in [5.74, 6) is 0. The second kappa shape index (κ2) is 6.97. The van der Waals surface area contributed by atoms with Crippen LogP contribution in [-0.2, 0) is 16.0 Å². The molecule has 25 heavy (non-hydrogen) atoms. The maximum atomic E-state index is 13.5. The first kappa shape index (κ1) is 19.1. The highest BCUT2D eigenvalue weighted by molar-refractivity contribution is 7.92. The fourth-order valence-electron chi connectivity index (χ4n) is 2.43. The molecule has 2 rings (SSSR count). The Morgan fingerprint density at radius 1 is 1.16 bits per heavy atom. The van der Waals surface area contributed by atoms with E-state index in [4.69, 9.17) is 5.73 Å². The predicted molar refractivity (Wildman–Crippen MR) is 88.4 cm³/mol. The van der Waals surface area contributed by atoms with Crippen molar-refractivity contribution in [1.29, 1.82) is 0 Å². The Hall–Kier alpha value is -2.19. The van der Waals surface area contributed by atoms with Crippen LogP contribution < -0.4 is 5.73 Å². The monoisotopic (exact) mass is 370 g/mol. The summed E-state index contributed by atoms with van der Waals surface area (Å²) in [5, 5.41) is -1.32. The lowest BCUT2D eigenvalue weighted by atomic mass is 10.1. The average Bonchev–Trinajstić information content (AvgIpc) is 2.55. The van der Waals surface area contributed by atoms with E-state index in [1.807, 2.05) is 0 Å². The first-order chi connectivity index (χ1) is 11.6. The van der Waals surface area contributed by atoms with Gasteiger partial charge in [0, 0.05) is 18.4 Å². The molecule has 134 valence electrons. The highest BCUT2D eigenvalue weighted by Crippen LogP contribution is 2.39. The molecule has 2 unspecified atom stereocenters. The van der Waals surface area contributed by atoms with E-state index in [-0.39, 0.29) is 11.1 Å². The van der Waals surface area contributed by atoms with Crippen molar-refractivity contribution >= 4 is 9.84 Å². The molecule has 0 bridgehead atoms. The van der Waals surface area contributed by atoms with E-state index >= 15 is 0 Å². The lowest BCUT2D eigenvalue weighted by Crippen LogP contribution is -2.19. The number of hydrogen-bond donors (Lipinski definition) is 1. The van der Waals surface area contributed by atoms with E-state index < -0.39 is 37.8 Å². The number of nitrogens with two attached hydrogens (primary N) is 1. The molecule has 2 atom stereocenters. The van der Waals surface area contributed by atoms with Crippen LogP contribution >= 0.6 is 0 Å². The van der Waals surface area contributed by atoms with E-state index in [2.05, 4.69) is 11.6 Å². The average molecular weight is 370 g/mol. The Morgan fingerprint density at radius 3 is 2.24 bits per heavy atom.